The lowest BCUT2D eigenvalue weighted by Gasteiger charge is -2.19. The van der Waals surface area contributed by atoms with Crippen molar-refractivity contribution in [3.8, 4) is 0 Å². The minimum Gasteiger partial charge on any atom is -0.260 e. The largest absolute Gasteiger partial charge is 0.260 e. The number of hydrogen-bond acceptors (Lipinski definition) is 3. The fourth-order valence-corrected chi connectivity index (χ4v) is 3.94. The van der Waals surface area contributed by atoms with E-state index in [1.165, 1.54) is 0 Å². The Labute approximate surface area is 122 Å². The first-order valence-electron chi connectivity index (χ1n) is 6.15. The molecule has 0 amide bonds. The molecule has 4 nitrogen and oxygen atoms in total. The molecule has 0 aliphatic heterocycles. The number of nitrogens with one attached hydrogen (secondary N) is 1. The first-order valence-corrected chi connectivity index (χ1v) is 8.54. The fourth-order valence-electron chi connectivity index (χ4n) is 1.78. The fraction of sp³-hybridized carbons (Fsp3) is 0.583. The molecule has 1 atom stereocenters. The summed E-state index contributed by atoms with van der Waals surface area (Å²) < 4.78 is 39.3. The maximum absolute atomic E-state index is 13.0. The number of alkyl halides is 1. The Bertz CT molecular complexity index is 506. The molecule has 0 bridgehead atoms. The second-order valence-corrected chi connectivity index (χ2v) is 7.23. The summed E-state index contributed by atoms with van der Waals surface area (Å²) in [4.78, 5) is 3.44. The van der Waals surface area contributed by atoms with Crippen molar-refractivity contribution in [3.63, 3.8) is 0 Å². The van der Waals surface area contributed by atoms with Crippen LogP contribution in [0.1, 0.15) is 26.7 Å². The zero-order valence-corrected chi connectivity index (χ0v) is 13.3. The van der Waals surface area contributed by atoms with Gasteiger partial charge in [-0.25, -0.2) is 17.5 Å². The molecule has 19 heavy (non-hydrogen) atoms. The molecule has 1 heterocycles. The average molecular weight is 353 g/mol. The Morgan fingerprint density at radius 1 is 1.37 bits per heavy atom. The van der Waals surface area contributed by atoms with E-state index in [0.717, 1.165) is 31.3 Å². The normalized spacial score (nSPS) is 13.7. The van der Waals surface area contributed by atoms with Crippen LogP contribution in [0.5, 0.6) is 0 Å². The van der Waals surface area contributed by atoms with E-state index in [4.69, 9.17) is 0 Å². The van der Waals surface area contributed by atoms with Gasteiger partial charge in [0.2, 0.25) is 10.0 Å². The summed E-state index contributed by atoms with van der Waals surface area (Å²) in [6.45, 7) is 4.39. The molecule has 0 spiro atoms. The predicted molar refractivity (Wildman–Crippen MR) is 76.2 cm³/mol. The highest BCUT2D eigenvalue weighted by Crippen LogP contribution is 2.20. The monoisotopic (exact) mass is 352 g/mol. The third kappa shape index (κ3) is 4.81. The summed E-state index contributed by atoms with van der Waals surface area (Å²) in [5, 5.41) is 0. The quantitative estimate of drug-likeness (QED) is 0.767. The van der Waals surface area contributed by atoms with Gasteiger partial charge in [-0.1, -0.05) is 42.6 Å². The molecular weight excluding hydrogens is 335 g/mol. The molecular formula is C12H18BrFN2O2S. The molecule has 0 saturated heterocycles. The van der Waals surface area contributed by atoms with Crippen LogP contribution in [0.2, 0.25) is 0 Å². The molecule has 1 unspecified atom stereocenters. The van der Waals surface area contributed by atoms with Gasteiger partial charge in [-0.15, -0.1) is 0 Å². The van der Waals surface area contributed by atoms with Crippen molar-refractivity contribution in [2.45, 2.75) is 36.4 Å². The highest BCUT2D eigenvalue weighted by Gasteiger charge is 2.20. The van der Waals surface area contributed by atoms with Crippen LogP contribution < -0.4 is 4.72 Å². The number of pyridine rings is 1. The SMILES string of the molecule is CCC(CC)C(Br)CNS(=O)(=O)c1cncc(F)c1. The summed E-state index contributed by atoms with van der Waals surface area (Å²) in [7, 11) is -3.71. The number of aromatic nitrogens is 1. The van der Waals surface area contributed by atoms with Crippen LogP contribution in [0.25, 0.3) is 0 Å². The number of rotatable bonds is 7. The summed E-state index contributed by atoms with van der Waals surface area (Å²) >= 11 is 3.49. The van der Waals surface area contributed by atoms with Crippen LogP contribution in [0.4, 0.5) is 4.39 Å². The third-order valence-electron chi connectivity index (χ3n) is 3.02. The molecule has 1 aromatic rings. The third-order valence-corrected chi connectivity index (χ3v) is 5.48. The van der Waals surface area contributed by atoms with Crippen LogP contribution in [0.15, 0.2) is 23.4 Å². The van der Waals surface area contributed by atoms with Crippen LogP contribution in [0.3, 0.4) is 0 Å². The molecule has 0 saturated carbocycles. The van der Waals surface area contributed by atoms with Gasteiger partial charge in [0.05, 0.1) is 6.20 Å². The molecule has 0 aliphatic carbocycles. The molecule has 1 N–H and O–H groups in total. The molecule has 0 aliphatic rings. The Balaban J connectivity index is 2.71. The zero-order valence-electron chi connectivity index (χ0n) is 10.9. The Hall–Kier alpha value is -0.530. The predicted octanol–water partition coefficient (Wildman–Crippen LogP) is 2.70. The molecule has 7 heteroatoms. The second kappa shape index (κ2) is 7.31. The van der Waals surface area contributed by atoms with E-state index >= 15 is 0 Å². The summed E-state index contributed by atoms with van der Waals surface area (Å²) in [5.74, 6) is -0.272. The number of sulfonamides is 1. The van der Waals surface area contributed by atoms with Crippen molar-refractivity contribution in [2.24, 2.45) is 5.92 Å². The minimum atomic E-state index is -3.71. The summed E-state index contributed by atoms with van der Waals surface area (Å²) in [6.07, 6.45) is 4.04. The maximum atomic E-state index is 13.0. The van der Waals surface area contributed by atoms with Crippen molar-refractivity contribution in [1.82, 2.24) is 9.71 Å². The van der Waals surface area contributed by atoms with Crippen LogP contribution >= 0.6 is 15.9 Å². The number of halogens is 2. The van der Waals surface area contributed by atoms with Gasteiger partial charge in [-0.3, -0.25) is 4.98 Å². The first kappa shape index (κ1) is 16.5. The van der Waals surface area contributed by atoms with Gasteiger partial charge in [-0.05, 0) is 12.0 Å². The van der Waals surface area contributed by atoms with Gasteiger partial charge >= 0.3 is 0 Å². The highest BCUT2D eigenvalue weighted by molar-refractivity contribution is 9.09. The van der Waals surface area contributed by atoms with Crippen molar-refractivity contribution in [2.75, 3.05) is 6.54 Å². The zero-order chi connectivity index (χ0) is 14.5. The molecule has 108 valence electrons. The molecule has 0 aromatic carbocycles. The summed E-state index contributed by atoms with van der Waals surface area (Å²) in [5.41, 5.74) is 0. The van der Waals surface area contributed by atoms with Crippen LogP contribution in [0, 0.1) is 11.7 Å². The molecule has 0 radical (unpaired) electrons. The number of hydrogen-bond donors (Lipinski definition) is 1. The van der Waals surface area contributed by atoms with Gasteiger partial charge in [0.25, 0.3) is 0 Å². The van der Waals surface area contributed by atoms with E-state index in [1.54, 1.807) is 0 Å². The lowest BCUT2D eigenvalue weighted by molar-refractivity contribution is 0.470. The molecule has 1 aromatic heterocycles. The smallest absolute Gasteiger partial charge is 0.242 e. The van der Waals surface area contributed by atoms with Gasteiger partial charge in [0.1, 0.15) is 10.7 Å². The summed E-state index contributed by atoms with van der Waals surface area (Å²) in [6, 6.07) is 0.954. The van der Waals surface area contributed by atoms with Gasteiger partial charge in [0, 0.05) is 17.6 Å². The average Bonchev–Trinajstić information content (AvgIpc) is 2.38. The van der Waals surface area contributed by atoms with E-state index in [-0.39, 0.29) is 16.3 Å². The minimum absolute atomic E-state index is 0.0544. The van der Waals surface area contributed by atoms with Crippen molar-refractivity contribution in [3.05, 3.63) is 24.3 Å². The molecule has 0 fully saturated rings. The second-order valence-electron chi connectivity index (χ2n) is 4.28. The van der Waals surface area contributed by atoms with E-state index in [0.29, 0.717) is 5.92 Å². The Morgan fingerprint density at radius 3 is 2.53 bits per heavy atom. The first-order chi connectivity index (χ1) is 8.90. The Morgan fingerprint density at radius 2 is 2.00 bits per heavy atom. The van der Waals surface area contributed by atoms with E-state index in [9.17, 15) is 12.8 Å². The lowest BCUT2D eigenvalue weighted by atomic mass is 10.00. The van der Waals surface area contributed by atoms with E-state index < -0.39 is 15.8 Å². The molecule has 1 rings (SSSR count). The van der Waals surface area contributed by atoms with Gasteiger partial charge < -0.3 is 0 Å². The van der Waals surface area contributed by atoms with Crippen LogP contribution in [-0.4, -0.2) is 24.8 Å². The topological polar surface area (TPSA) is 59.1 Å². The van der Waals surface area contributed by atoms with Crippen LogP contribution in [-0.2, 0) is 10.0 Å². The van der Waals surface area contributed by atoms with E-state index in [2.05, 4.69) is 39.5 Å². The number of nitrogens with zero attached hydrogens (tertiary/aromatic N) is 1. The van der Waals surface area contributed by atoms with Gasteiger partial charge in [0.15, 0.2) is 0 Å². The van der Waals surface area contributed by atoms with E-state index in [1.807, 2.05) is 0 Å². The van der Waals surface area contributed by atoms with Gasteiger partial charge in [-0.2, -0.15) is 0 Å². The lowest BCUT2D eigenvalue weighted by Crippen LogP contribution is -2.33. The van der Waals surface area contributed by atoms with Crippen molar-refractivity contribution in [1.29, 1.82) is 0 Å². The van der Waals surface area contributed by atoms with Crippen molar-refractivity contribution >= 4 is 26.0 Å². The maximum Gasteiger partial charge on any atom is 0.242 e. The standard InChI is InChI=1S/C12H18BrFN2O2S/c1-3-9(4-2)12(13)8-16-19(17,18)11-5-10(14)6-15-7-11/h5-7,9,12,16H,3-4,8H2,1-2H3. The van der Waals surface area contributed by atoms with Crippen molar-refractivity contribution < 1.29 is 12.8 Å². The Kier molecular flexibility index (Phi) is 6.35. The highest BCUT2D eigenvalue weighted by atomic mass is 79.9.